The molecule has 2 aliphatic carbocycles. The molecule has 0 amide bonds. The Morgan fingerprint density at radius 1 is 0.519 bits per heavy atom. The predicted octanol–water partition coefficient (Wildman–Crippen LogP) is 8.74. The van der Waals surface area contributed by atoms with Gasteiger partial charge in [0, 0.05) is 17.1 Å². The molecule has 160 valence electrons. The topological polar surface area (TPSA) is 0 Å². The molecule has 0 nitrogen and oxygen atoms in total. The average molecular weight is 452 g/mol. The van der Waals surface area contributed by atoms with Crippen molar-refractivity contribution in [3.8, 4) is 0 Å². The maximum absolute atomic E-state index is 2.40. The van der Waals surface area contributed by atoms with E-state index in [4.69, 9.17) is 0 Å². The molecule has 27 heavy (non-hydrogen) atoms. The van der Waals surface area contributed by atoms with E-state index in [1.54, 1.807) is 38.5 Å². The van der Waals surface area contributed by atoms with Crippen molar-refractivity contribution in [3.05, 3.63) is 0 Å². The van der Waals surface area contributed by atoms with Crippen molar-refractivity contribution in [1.29, 1.82) is 0 Å². The number of hydrogen-bond acceptors (Lipinski definition) is 0. The summed E-state index contributed by atoms with van der Waals surface area (Å²) in [5.74, 6) is 0. The Morgan fingerprint density at radius 3 is 1.00 bits per heavy atom. The van der Waals surface area contributed by atoms with Gasteiger partial charge in [-0.05, 0) is 98.2 Å². The molecule has 0 unspecified atom stereocenters. The summed E-state index contributed by atoms with van der Waals surface area (Å²) in [4.78, 5) is 0. The monoisotopic (exact) mass is 452 g/mol. The van der Waals surface area contributed by atoms with Gasteiger partial charge in [-0.2, -0.15) is 0 Å². The van der Waals surface area contributed by atoms with E-state index in [0.717, 1.165) is 0 Å². The van der Waals surface area contributed by atoms with Gasteiger partial charge in [0.2, 0.25) is 0 Å². The molecule has 3 heteroatoms. The molecule has 4 fully saturated rings. The fourth-order valence-corrected chi connectivity index (χ4v) is 14.9. The van der Waals surface area contributed by atoms with Crippen LogP contribution in [0, 0.1) is 0 Å². The van der Waals surface area contributed by atoms with Crippen molar-refractivity contribution < 1.29 is 17.1 Å². The van der Waals surface area contributed by atoms with Gasteiger partial charge in [-0.1, -0.05) is 69.2 Å². The molecule has 2 saturated heterocycles. The van der Waals surface area contributed by atoms with Gasteiger partial charge >= 0.3 is 0 Å². The molecule has 0 bridgehead atoms. The molecule has 0 aromatic carbocycles. The van der Waals surface area contributed by atoms with Gasteiger partial charge in [-0.25, -0.2) is 0 Å². The van der Waals surface area contributed by atoms with Crippen LogP contribution in [-0.2, 0) is 17.1 Å². The largest absolute Gasteiger partial charge is 0.0971 e. The number of hydrogen-bond donors (Lipinski definition) is 0. The second-order valence-electron chi connectivity index (χ2n) is 9.49. The quantitative estimate of drug-likeness (QED) is 0.279. The molecule has 4 rings (SSSR count). The Morgan fingerprint density at radius 2 is 0.778 bits per heavy atom. The third kappa shape index (κ3) is 5.75. The molecular weight excluding hydrogens is 406 g/mol. The standard InChI is InChI=1S/2C12H23P.Fe/c2*1-3-10-9-11(4-2)13(10)12-7-5-6-8-12;/h2*10-12H,3-9H2,1-2H3;/t2*10-,11-;/m11./s1. The third-order valence-corrected chi connectivity index (χ3v) is 16.5. The zero-order valence-corrected chi connectivity index (χ0v) is 21.5. The molecule has 0 spiro atoms. The summed E-state index contributed by atoms with van der Waals surface area (Å²) in [5.41, 5.74) is 7.06. The van der Waals surface area contributed by atoms with Gasteiger partial charge in [0.25, 0.3) is 0 Å². The minimum atomic E-state index is 0. The van der Waals surface area contributed by atoms with E-state index in [1.165, 1.54) is 85.3 Å². The van der Waals surface area contributed by atoms with E-state index >= 15 is 0 Å². The first-order valence-corrected chi connectivity index (χ1v) is 15.4. The first-order chi connectivity index (χ1) is 12.7. The molecule has 2 aliphatic heterocycles. The normalized spacial score (nSPS) is 35.1. The molecule has 2 saturated carbocycles. The van der Waals surface area contributed by atoms with Gasteiger partial charge in [0.05, 0.1) is 0 Å². The number of rotatable bonds is 6. The zero-order chi connectivity index (χ0) is 18.5. The van der Waals surface area contributed by atoms with E-state index in [1.807, 2.05) is 0 Å². The van der Waals surface area contributed by atoms with Crippen LogP contribution in [0.2, 0.25) is 0 Å². The summed E-state index contributed by atoms with van der Waals surface area (Å²) in [6, 6.07) is 0. The van der Waals surface area contributed by atoms with Gasteiger partial charge in [-0.3, -0.25) is 0 Å². The fourth-order valence-electron chi connectivity index (χ4n) is 6.54. The van der Waals surface area contributed by atoms with E-state index in [9.17, 15) is 0 Å². The second kappa shape index (κ2) is 12.3. The fraction of sp³-hybridized carbons (Fsp3) is 1.00. The van der Waals surface area contributed by atoms with E-state index in [2.05, 4.69) is 27.7 Å². The van der Waals surface area contributed by atoms with Crippen molar-refractivity contribution in [2.45, 2.75) is 152 Å². The maximum atomic E-state index is 2.40. The zero-order valence-electron chi connectivity index (χ0n) is 18.6. The first-order valence-electron chi connectivity index (χ1n) is 12.3. The van der Waals surface area contributed by atoms with Gasteiger partial charge in [0.15, 0.2) is 0 Å². The third-order valence-electron chi connectivity index (χ3n) is 8.15. The SMILES string of the molecule is CC[C@@H]1C[C@@H](CC)P1C1CCCC1.CC[C@@H]1C[C@@H](CC)P1C1CCCC1.[Fe]. The smallest absolute Gasteiger partial charge is 0 e. The van der Waals surface area contributed by atoms with Gasteiger partial charge < -0.3 is 0 Å². The van der Waals surface area contributed by atoms with Crippen molar-refractivity contribution in [2.75, 3.05) is 0 Å². The summed E-state index contributed by atoms with van der Waals surface area (Å²) in [5, 5.41) is 0. The Hall–Kier alpha value is 1.38. The van der Waals surface area contributed by atoms with Crippen molar-refractivity contribution >= 4 is 15.8 Å². The summed E-state index contributed by atoms with van der Waals surface area (Å²) in [7, 11) is 0.948. The average Bonchev–Trinajstić information content (AvgIpc) is 3.30. The van der Waals surface area contributed by atoms with Gasteiger partial charge in [0.1, 0.15) is 0 Å². The van der Waals surface area contributed by atoms with Crippen LogP contribution in [0.3, 0.4) is 0 Å². The van der Waals surface area contributed by atoms with E-state index < -0.39 is 0 Å². The van der Waals surface area contributed by atoms with Gasteiger partial charge in [-0.15, -0.1) is 0 Å². The second-order valence-corrected chi connectivity index (χ2v) is 15.7. The molecule has 4 aliphatic rings. The van der Waals surface area contributed by atoms with Crippen LogP contribution in [0.5, 0.6) is 0 Å². The molecular formula is C24H46FeP2. The summed E-state index contributed by atoms with van der Waals surface area (Å²) < 4.78 is 0. The van der Waals surface area contributed by atoms with Crippen LogP contribution in [-0.4, -0.2) is 34.0 Å². The van der Waals surface area contributed by atoms with E-state index in [-0.39, 0.29) is 17.1 Å². The van der Waals surface area contributed by atoms with Crippen LogP contribution in [0.25, 0.3) is 0 Å². The molecule has 0 aromatic heterocycles. The molecule has 2 heterocycles. The maximum Gasteiger partial charge on any atom is 0 e. The van der Waals surface area contributed by atoms with Crippen LogP contribution in [0.4, 0.5) is 0 Å². The Balaban J connectivity index is 0.000000187. The Labute approximate surface area is 184 Å². The molecule has 0 aromatic rings. The molecule has 0 N–H and O–H groups in total. The molecule has 4 atom stereocenters. The molecule has 0 radical (unpaired) electrons. The Kier molecular flexibility index (Phi) is 11.2. The van der Waals surface area contributed by atoms with Crippen molar-refractivity contribution in [1.82, 2.24) is 0 Å². The van der Waals surface area contributed by atoms with Crippen LogP contribution >= 0.6 is 15.8 Å². The van der Waals surface area contributed by atoms with Crippen LogP contribution < -0.4 is 0 Å². The summed E-state index contributed by atoms with van der Waals surface area (Å²) in [6.07, 6.45) is 21.5. The summed E-state index contributed by atoms with van der Waals surface area (Å²) >= 11 is 0. The van der Waals surface area contributed by atoms with E-state index in [0.29, 0.717) is 15.8 Å². The predicted molar refractivity (Wildman–Crippen MR) is 124 cm³/mol. The van der Waals surface area contributed by atoms with Crippen LogP contribution in [0.15, 0.2) is 0 Å². The summed E-state index contributed by atoms with van der Waals surface area (Å²) in [6.45, 7) is 9.61. The van der Waals surface area contributed by atoms with Crippen LogP contribution in [0.1, 0.15) is 118 Å². The van der Waals surface area contributed by atoms with Crippen molar-refractivity contribution in [2.24, 2.45) is 0 Å². The minimum absolute atomic E-state index is 0. The minimum Gasteiger partial charge on any atom is -0.0971 e. The van der Waals surface area contributed by atoms with Crippen molar-refractivity contribution in [3.63, 3.8) is 0 Å². The first kappa shape index (κ1) is 24.6. The Bertz CT molecular complexity index is 345.